The normalized spacial score (nSPS) is 21.8. The van der Waals surface area contributed by atoms with E-state index in [0.717, 1.165) is 16.1 Å². The third kappa shape index (κ3) is 7.31. The lowest BCUT2D eigenvalue weighted by atomic mass is 10.2. The van der Waals surface area contributed by atoms with E-state index in [1.54, 1.807) is 7.05 Å². The topological polar surface area (TPSA) is 53.5 Å². The molecule has 3 unspecified atom stereocenters. The number of guanidine groups is 1. The largest absolute Gasteiger partial charge is 0.355 e. The molecule has 136 valence electrons. The molecule has 0 aliphatic heterocycles. The molecule has 1 aliphatic rings. The fraction of sp³-hybridized carbons (Fsp3) is 0.588. The molecule has 24 heavy (non-hydrogen) atoms. The molecule has 1 fully saturated rings. The van der Waals surface area contributed by atoms with Gasteiger partial charge in [0, 0.05) is 35.5 Å². The molecule has 0 bridgehead atoms. The molecule has 0 amide bonds. The summed E-state index contributed by atoms with van der Waals surface area (Å²) in [6, 6.07) is 10.1. The van der Waals surface area contributed by atoms with Gasteiger partial charge in [-0.3, -0.25) is 9.20 Å². The van der Waals surface area contributed by atoms with Gasteiger partial charge in [-0.2, -0.15) is 11.8 Å². The van der Waals surface area contributed by atoms with Crippen LogP contribution in [0.3, 0.4) is 0 Å². The highest BCUT2D eigenvalue weighted by atomic mass is 127. The molecule has 4 nitrogen and oxygen atoms in total. The molecule has 1 aliphatic carbocycles. The van der Waals surface area contributed by atoms with Gasteiger partial charge in [-0.15, -0.1) is 24.0 Å². The Labute approximate surface area is 169 Å². The number of hydrogen-bond acceptors (Lipinski definition) is 3. The van der Waals surface area contributed by atoms with Gasteiger partial charge in [-0.05, 0) is 37.1 Å². The van der Waals surface area contributed by atoms with Crippen LogP contribution in [0.5, 0.6) is 0 Å². The molecule has 0 saturated heterocycles. The minimum atomic E-state index is -0.963. The van der Waals surface area contributed by atoms with Crippen molar-refractivity contribution in [2.24, 2.45) is 4.99 Å². The van der Waals surface area contributed by atoms with Crippen LogP contribution < -0.4 is 10.6 Å². The van der Waals surface area contributed by atoms with E-state index in [1.165, 1.54) is 25.0 Å². The highest BCUT2D eigenvalue weighted by Gasteiger charge is 2.25. The second kappa shape index (κ2) is 12.1. The Kier molecular flexibility index (Phi) is 11.0. The molecule has 3 atom stereocenters. The van der Waals surface area contributed by atoms with Crippen LogP contribution in [0.15, 0.2) is 40.2 Å². The smallest absolute Gasteiger partial charge is 0.191 e. The van der Waals surface area contributed by atoms with Crippen molar-refractivity contribution in [2.75, 3.05) is 25.1 Å². The number of hydrogen-bond donors (Lipinski definition) is 2. The highest BCUT2D eigenvalue weighted by molar-refractivity contribution is 14.0. The lowest BCUT2D eigenvalue weighted by molar-refractivity contribution is 0.617. The van der Waals surface area contributed by atoms with Crippen molar-refractivity contribution in [2.45, 2.75) is 42.4 Å². The summed E-state index contributed by atoms with van der Waals surface area (Å²) in [7, 11) is 0.826. The zero-order valence-corrected chi connectivity index (χ0v) is 18.3. The van der Waals surface area contributed by atoms with E-state index >= 15 is 0 Å². The molecule has 2 rings (SSSR count). The summed E-state index contributed by atoms with van der Waals surface area (Å²) in [6.45, 7) is 2.87. The first kappa shape index (κ1) is 21.8. The maximum absolute atomic E-state index is 12.2. The van der Waals surface area contributed by atoms with Crippen molar-refractivity contribution < 1.29 is 4.21 Å². The zero-order valence-electron chi connectivity index (χ0n) is 14.4. The van der Waals surface area contributed by atoms with Gasteiger partial charge in [0.25, 0.3) is 0 Å². The quantitative estimate of drug-likeness (QED) is 0.357. The van der Waals surface area contributed by atoms with Crippen LogP contribution in [0.25, 0.3) is 0 Å². The highest BCUT2D eigenvalue weighted by Crippen LogP contribution is 2.29. The minimum Gasteiger partial charge on any atom is -0.355 e. The molecule has 0 spiro atoms. The summed E-state index contributed by atoms with van der Waals surface area (Å²) >= 11 is 2.06. The predicted molar refractivity (Wildman–Crippen MR) is 117 cm³/mol. The maximum atomic E-state index is 12.2. The Bertz CT molecular complexity index is 528. The third-order valence-electron chi connectivity index (χ3n) is 3.94. The van der Waals surface area contributed by atoms with E-state index in [9.17, 15) is 4.21 Å². The Balaban J connectivity index is 0.00000288. The van der Waals surface area contributed by atoms with Crippen LogP contribution in [0.4, 0.5) is 0 Å². The van der Waals surface area contributed by atoms with Crippen LogP contribution in [0.2, 0.25) is 0 Å². The molecular weight excluding hydrogens is 453 g/mol. The van der Waals surface area contributed by atoms with E-state index in [1.807, 2.05) is 30.3 Å². The summed E-state index contributed by atoms with van der Waals surface area (Å²) in [5, 5.41) is 7.56. The first-order valence-electron chi connectivity index (χ1n) is 8.25. The van der Waals surface area contributed by atoms with Gasteiger partial charge < -0.3 is 10.6 Å². The summed E-state index contributed by atoms with van der Waals surface area (Å²) in [6.07, 6.45) is 3.69. The fourth-order valence-corrected chi connectivity index (χ4v) is 4.92. The number of aliphatic imine (C=N–C) groups is 1. The number of thioether (sulfide) groups is 1. The predicted octanol–water partition coefficient (Wildman–Crippen LogP) is 3.25. The number of rotatable bonds is 7. The number of halogens is 1. The van der Waals surface area contributed by atoms with Gasteiger partial charge in [0.05, 0.1) is 10.8 Å². The molecular formula is C17H28IN3OS2. The first-order valence-corrected chi connectivity index (χ1v) is 10.6. The Morgan fingerprint density at radius 1 is 1.33 bits per heavy atom. The minimum absolute atomic E-state index is 0. The average molecular weight is 481 g/mol. The van der Waals surface area contributed by atoms with Gasteiger partial charge in [0.2, 0.25) is 0 Å². The standard InChI is InChI=1S/C17H27N3OS2.HI/c1-3-22-15-10-9-14(13-15)20-17(18-2)19-11-12-23(21)16-7-5-4-6-8-16;/h4-8,14-15H,3,9-13H2,1-2H3,(H2,18,19,20);1H. The van der Waals surface area contributed by atoms with Crippen LogP contribution in [0.1, 0.15) is 26.2 Å². The van der Waals surface area contributed by atoms with Crippen molar-refractivity contribution in [3.05, 3.63) is 30.3 Å². The molecule has 1 aromatic rings. The molecule has 2 N–H and O–H groups in total. The summed E-state index contributed by atoms with van der Waals surface area (Å²) < 4.78 is 12.2. The Morgan fingerprint density at radius 3 is 2.75 bits per heavy atom. The molecule has 0 radical (unpaired) electrons. The van der Waals surface area contributed by atoms with Gasteiger partial charge >= 0.3 is 0 Å². The number of nitrogens with one attached hydrogen (secondary N) is 2. The SMILES string of the molecule is CCSC1CCC(NC(=NC)NCCS(=O)c2ccccc2)C1.I. The second-order valence-electron chi connectivity index (χ2n) is 5.59. The first-order chi connectivity index (χ1) is 11.2. The summed E-state index contributed by atoms with van der Waals surface area (Å²) in [4.78, 5) is 5.16. The molecule has 1 aromatic carbocycles. The molecule has 0 aromatic heterocycles. The van der Waals surface area contributed by atoms with Gasteiger partial charge in [0.15, 0.2) is 5.96 Å². The van der Waals surface area contributed by atoms with Crippen LogP contribution >= 0.6 is 35.7 Å². The van der Waals surface area contributed by atoms with E-state index in [4.69, 9.17) is 0 Å². The van der Waals surface area contributed by atoms with Crippen molar-refractivity contribution in [1.82, 2.24) is 10.6 Å². The van der Waals surface area contributed by atoms with Gasteiger partial charge in [-0.25, -0.2) is 0 Å². The van der Waals surface area contributed by atoms with E-state index < -0.39 is 10.8 Å². The van der Waals surface area contributed by atoms with E-state index in [-0.39, 0.29) is 24.0 Å². The third-order valence-corrected chi connectivity index (χ3v) is 6.54. The van der Waals surface area contributed by atoms with Crippen LogP contribution in [0, 0.1) is 0 Å². The van der Waals surface area contributed by atoms with Crippen LogP contribution in [-0.2, 0) is 10.8 Å². The second-order valence-corrected chi connectivity index (χ2v) is 8.74. The lowest BCUT2D eigenvalue weighted by Gasteiger charge is -2.17. The van der Waals surface area contributed by atoms with E-state index in [2.05, 4.69) is 34.3 Å². The average Bonchev–Trinajstić information content (AvgIpc) is 3.02. The summed E-state index contributed by atoms with van der Waals surface area (Å²) in [5.74, 6) is 2.60. The number of benzene rings is 1. The van der Waals surface area contributed by atoms with Crippen LogP contribution in [-0.4, -0.2) is 46.6 Å². The van der Waals surface area contributed by atoms with Crippen molar-refractivity contribution in [1.29, 1.82) is 0 Å². The molecule has 0 heterocycles. The zero-order chi connectivity index (χ0) is 16.5. The van der Waals surface area contributed by atoms with Crippen molar-refractivity contribution >= 4 is 52.5 Å². The lowest BCUT2D eigenvalue weighted by Crippen LogP contribution is -2.43. The Hall–Kier alpha value is -0.280. The monoisotopic (exact) mass is 481 g/mol. The molecule has 7 heteroatoms. The van der Waals surface area contributed by atoms with Crippen molar-refractivity contribution in [3.63, 3.8) is 0 Å². The van der Waals surface area contributed by atoms with Gasteiger partial charge in [0.1, 0.15) is 0 Å². The molecule has 1 saturated carbocycles. The Morgan fingerprint density at radius 2 is 2.08 bits per heavy atom. The van der Waals surface area contributed by atoms with Crippen molar-refractivity contribution in [3.8, 4) is 0 Å². The maximum Gasteiger partial charge on any atom is 0.191 e. The fourth-order valence-electron chi connectivity index (χ4n) is 2.80. The number of nitrogens with zero attached hydrogens (tertiary/aromatic N) is 1. The van der Waals surface area contributed by atoms with E-state index in [0.29, 0.717) is 18.3 Å². The van der Waals surface area contributed by atoms with Gasteiger partial charge in [-0.1, -0.05) is 25.1 Å². The summed E-state index contributed by atoms with van der Waals surface area (Å²) in [5.41, 5.74) is 0.